The van der Waals surface area contributed by atoms with Gasteiger partial charge in [-0.2, -0.15) is 0 Å². The minimum absolute atomic E-state index is 0.0898. The van der Waals surface area contributed by atoms with Crippen LogP contribution in [0.3, 0.4) is 0 Å². The number of ether oxygens (including phenoxy) is 2. The summed E-state index contributed by atoms with van der Waals surface area (Å²) >= 11 is 0. The molecule has 0 bridgehead atoms. The summed E-state index contributed by atoms with van der Waals surface area (Å²) in [6, 6.07) is 19.5. The predicted octanol–water partition coefficient (Wildman–Crippen LogP) is 4.56. The third kappa shape index (κ3) is 4.55. The molecule has 0 aliphatic carbocycles. The molecule has 0 aliphatic heterocycles. The Hall–Kier alpha value is -3.19. The number of benzene rings is 3. The molecule has 146 valence electrons. The van der Waals surface area contributed by atoms with Gasteiger partial charge in [0.25, 0.3) is 10.0 Å². The molecule has 0 aromatic heterocycles. The summed E-state index contributed by atoms with van der Waals surface area (Å²) in [6.45, 7) is 2.03. The van der Waals surface area contributed by atoms with E-state index in [0.717, 1.165) is 11.4 Å². The van der Waals surface area contributed by atoms with Crippen LogP contribution in [0.2, 0.25) is 0 Å². The Bertz CT molecular complexity index is 1050. The van der Waals surface area contributed by atoms with Crippen molar-refractivity contribution in [3.05, 3.63) is 72.3 Å². The minimum atomic E-state index is -3.75. The average molecular weight is 398 g/mol. The van der Waals surface area contributed by atoms with Crippen LogP contribution >= 0.6 is 0 Å². The van der Waals surface area contributed by atoms with E-state index in [9.17, 15) is 8.42 Å². The molecule has 0 unspecified atom stereocenters. The van der Waals surface area contributed by atoms with Crippen LogP contribution in [-0.2, 0) is 10.0 Å². The minimum Gasteiger partial charge on any atom is -0.493 e. The van der Waals surface area contributed by atoms with Crippen molar-refractivity contribution in [2.45, 2.75) is 11.8 Å². The van der Waals surface area contributed by atoms with E-state index in [-0.39, 0.29) is 4.90 Å². The number of anilines is 3. The van der Waals surface area contributed by atoms with Crippen molar-refractivity contribution < 1.29 is 17.9 Å². The van der Waals surface area contributed by atoms with Gasteiger partial charge in [-0.05, 0) is 55.5 Å². The van der Waals surface area contributed by atoms with Crippen molar-refractivity contribution >= 4 is 27.1 Å². The van der Waals surface area contributed by atoms with Crippen LogP contribution in [0.5, 0.6) is 11.5 Å². The lowest BCUT2D eigenvalue weighted by molar-refractivity contribution is 0.354. The van der Waals surface area contributed by atoms with Gasteiger partial charge in [-0.3, -0.25) is 4.72 Å². The summed E-state index contributed by atoms with van der Waals surface area (Å²) in [5.74, 6) is 0.816. The van der Waals surface area contributed by atoms with Crippen LogP contribution in [0.15, 0.2) is 71.6 Å². The lowest BCUT2D eigenvalue weighted by Gasteiger charge is -2.12. The van der Waals surface area contributed by atoms with Crippen molar-refractivity contribution in [3.63, 3.8) is 0 Å². The molecule has 0 aliphatic rings. The van der Waals surface area contributed by atoms with Crippen molar-refractivity contribution in [1.82, 2.24) is 0 Å². The Morgan fingerprint density at radius 2 is 1.25 bits per heavy atom. The highest BCUT2D eigenvalue weighted by atomic mass is 32.2. The Morgan fingerprint density at radius 1 is 0.714 bits per heavy atom. The highest BCUT2D eigenvalue weighted by Gasteiger charge is 2.17. The van der Waals surface area contributed by atoms with Crippen molar-refractivity contribution in [2.75, 3.05) is 24.3 Å². The van der Waals surface area contributed by atoms with Gasteiger partial charge in [0.05, 0.1) is 19.1 Å². The van der Waals surface area contributed by atoms with E-state index < -0.39 is 10.0 Å². The lowest BCUT2D eigenvalue weighted by Crippen LogP contribution is -2.13. The molecule has 0 heterocycles. The molecule has 0 saturated carbocycles. The Morgan fingerprint density at radius 3 is 1.82 bits per heavy atom. The maximum Gasteiger partial charge on any atom is 0.262 e. The van der Waals surface area contributed by atoms with Crippen LogP contribution in [-0.4, -0.2) is 22.6 Å². The standard InChI is InChI=1S/C21H22N2O4S/c1-15-4-6-16(7-5-15)22-17-8-10-18(11-9-17)23-28(24,25)19-12-13-20(26-2)21(14-19)27-3/h4-14,22-23H,1-3H3. The topological polar surface area (TPSA) is 76.7 Å². The summed E-state index contributed by atoms with van der Waals surface area (Å²) in [7, 11) is -0.797. The monoisotopic (exact) mass is 398 g/mol. The van der Waals surface area contributed by atoms with Gasteiger partial charge < -0.3 is 14.8 Å². The molecular formula is C21H22N2O4S. The second-order valence-electron chi connectivity index (χ2n) is 6.19. The fraction of sp³-hybridized carbons (Fsp3) is 0.143. The van der Waals surface area contributed by atoms with E-state index in [1.54, 1.807) is 18.2 Å². The Kier molecular flexibility index (Phi) is 5.75. The fourth-order valence-corrected chi connectivity index (χ4v) is 3.70. The van der Waals surface area contributed by atoms with Gasteiger partial charge in [0.1, 0.15) is 0 Å². The van der Waals surface area contributed by atoms with Gasteiger partial charge in [0.2, 0.25) is 0 Å². The van der Waals surface area contributed by atoms with Crippen LogP contribution < -0.4 is 19.5 Å². The molecule has 0 atom stereocenters. The third-order valence-electron chi connectivity index (χ3n) is 4.14. The van der Waals surface area contributed by atoms with E-state index in [1.807, 2.05) is 43.3 Å². The first-order chi connectivity index (χ1) is 13.4. The zero-order chi connectivity index (χ0) is 20.1. The Balaban J connectivity index is 1.74. The van der Waals surface area contributed by atoms with Crippen LogP contribution in [0.1, 0.15) is 5.56 Å². The van der Waals surface area contributed by atoms with Crippen LogP contribution in [0.4, 0.5) is 17.1 Å². The van der Waals surface area contributed by atoms with E-state index in [0.29, 0.717) is 17.2 Å². The zero-order valence-corrected chi connectivity index (χ0v) is 16.7. The maximum atomic E-state index is 12.7. The number of sulfonamides is 1. The predicted molar refractivity (Wildman–Crippen MR) is 111 cm³/mol. The van der Waals surface area contributed by atoms with Gasteiger partial charge in [-0.15, -0.1) is 0 Å². The fourth-order valence-electron chi connectivity index (χ4n) is 2.62. The van der Waals surface area contributed by atoms with Crippen LogP contribution in [0.25, 0.3) is 0 Å². The van der Waals surface area contributed by atoms with Crippen molar-refractivity contribution in [2.24, 2.45) is 0 Å². The van der Waals surface area contributed by atoms with Gasteiger partial charge in [-0.25, -0.2) is 8.42 Å². The third-order valence-corrected chi connectivity index (χ3v) is 5.52. The lowest BCUT2D eigenvalue weighted by atomic mass is 10.2. The molecule has 3 aromatic carbocycles. The molecule has 0 fully saturated rings. The molecule has 0 saturated heterocycles. The second-order valence-corrected chi connectivity index (χ2v) is 7.87. The molecular weight excluding hydrogens is 376 g/mol. The zero-order valence-electron chi connectivity index (χ0n) is 15.9. The molecule has 3 rings (SSSR count). The van der Waals surface area contributed by atoms with E-state index in [2.05, 4.69) is 10.0 Å². The van der Waals surface area contributed by atoms with Gasteiger partial charge in [0.15, 0.2) is 11.5 Å². The highest BCUT2D eigenvalue weighted by molar-refractivity contribution is 7.92. The van der Waals surface area contributed by atoms with E-state index >= 15 is 0 Å². The first-order valence-corrected chi connectivity index (χ1v) is 10.1. The Labute approximate surface area is 165 Å². The highest BCUT2D eigenvalue weighted by Crippen LogP contribution is 2.30. The molecule has 0 spiro atoms. The van der Waals surface area contributed by atoms with E-state index in [4.69, 9.17) is 9.47 Å². The van der Waals surface area contributed by atoms with Crippen molar-refractivity contribution in [3.8, 4) is 11.5 Å². The molecule has 6 nitrogen and oxygen atoms in total. The molecule has 0 radical (unpaired) electrons. The normalized spacial score (nSPS) is 11.0. The molecule has 2 N–H and O–H groups in total. The molecule has 28 heavy (non-hydrogen) atoms. The number of hydrogen-bond donors (Lipinski definition) is 2. The maximum absolute atomic E-state index is 12.7. The summed E-state index contributed by atoms with van der Waals surface area (Å²) in [5, 5.41) is 3.27. The SMILES string of the molecule is COc1ccc(S(=O)(=O)Nc2ccc(Nc3ccc(C)cc3)cc2)cc1OC. The smallest absolute Gasteiger partial charge is 0.262 e. The second kappa shape index (κ2) is 8.22. The van der Waals surface area contributed by atoms with Gasteiger partial charge in [-0.1, -0.05) is 17.7 Å². The number of nitrogens with one attached hydrogen (secondary N) is 2. The molecule has 0 amide bonds. The average Bonchev–Trinajstić information content (AvgIpc) is 2.70. The molecule has 7 heteroatoms. The first kappa shape index (κ1) is 19.6. The summed E-state index contributed by atoms with van der Waals surface area (Å²) in [6.07, 6.45) is 0. The summed E-state index contributed by atoms with van der Waals surface area (Å²) in [4.78, 5) is 0.0898. The number of rotatable bonds is 7. The molecule has 3 aromatic rings. The number of aryl methyl sites for hydroxylation is 1. The van der Waals surface area contributed by atoms with Gasteiger partial charge >= 0.3 is 0 Å². The first-order valence-electron chi connectivity index (χ1n) is 8.60. The van der Waals surface area contributed by atoms with E-state index in [1.165, 1.54) is 31.9 Å². The number of methoxy groups -OCH3 is 2. The summed E-state index contributed by atoms with van der Waals surface area (Å²) < 4.78 is 38.2. The summed E-state index contributed by atoms with van der Waals surface area (Å²) in [5.41, 5.74) is 3.47. The van der Waals surface area contributed by atoms with Gasteiger partial charge in [0, 0.05) is 23.1 Å². The van der Waals surface area contributed by atoms with Crippen LogP contribution in [0, 0.1) is 6.92 Å². The number of hydrogen-bond acceptors (Lipinski definition) is 5. The largest absolute Gasteiger partial charge is 0.493 e. The quantitative estimate of drug-likeness (QED) is 0.610. The van der Waals surface area contributed by atoms with Crippen molar-refractivity contribution in [1.29, 1.82) is 0 Å².